The monoisotopic (exact) mass is 459 g/mol. The van der Waals surface area contributed by atoms with Gasteiger partial charge in [0.25, 0.3) is 5.91 Å². The highest BCUT2D eigenvalue weighted by Crippen LogP contribution is 2.29. The Morgan fingerprint density at radius 1 is 1.13 bits per heavy atom. The Morgan fingerprint density at radius 3 is 2.57 bits per heavy atom. The molecule has 0 fully saturated rings. The minimum Gasteiger partial charge on any atom is -0.270 e. The standard InChI is InChI=1S/C23H18BrN5O/c1-16-21(23(30)29(26-16)20-6-3-2-4-7-20)14-18-15-28(13-5-12-25)27-22(18)17-8-10-19(24)11-9-17/h2-4,6-11,14-15H,5,13H2,1H3. The normalized spacial score (nSPS) is 14.8. The molecule has 1 aliphatic heterocycles. The maximum absolute atomic E-state index is 13.1. The third-order valence-corrected chi connectivity index (χ3v) is 5.25. The Kier molecular flexibility index (Phi) is 5.59. The summed E-state index contributed by atoms with van der Waals surface area (Å²) in [5, 5.41) is 19.4. The van der Waals surface area contributed by atoms with Gasteiger partial charge in [0.15, 0.2) is 0 Å². The number of anilines is 1. The summed E-state index contributed by atoms with van der Waals surface area (Å²) in [4.78, 5) is 13.1. The van der Waals surface area contributed by atoms with Crippen LogP contribution in [0.15, 0.2) is 75.9 Å². The second-order valence-corrected chi connectivity index (χ2v) is 7.72. The zero-order valence-corrected chi connectivity index (χ0v) is 17.9. The first kappa shape index (κ1) is 19.8. The number of carbonyl (C=O) groups is 1. The number of hydrazone groups is 1. The van der Waals surface area contributed by atoms with Gasteiger partial charge in [0.1, 0.15) is 0 Å². The summed E-state index contributed by atoms with van der Waals surface area (Å²) in [7, 11) is 0. The summed E-state index contributed by atoms with van der Waals surface area (Å²) in [5.41, 5.74) is 4.39. The number of amides is 1. The van der Waals surface area contributed by atoms with E-state index in [2.05, 4.69) is 32.2 Å². The lowest BCUT2D eigenvalue weighted by Crippen LogP contribution is -2.21. The molecule has 2 aromatic carbocycles. The van der Waals surface area contributed by atoms with Gasteiger partial charge in [0.05, 0.1) is 41.7 Å². The fourth-order valence-electron chi connectivity index (χ4n) is 3.24. The Labute approximate surface area is 182 Å². The van der Waals surface area contributed by atoms with Gasteiger partial charge in [0.2, 0.25) is 0 Å². The van der Waals surface area contributed by atoms with E-state index in [1.165, 1.54) is 5.01 Å². The van der Waals surface area contributed by atoms with E-state index < -0.39 is 0 Å². The molecule has 0 N–H and O–H groups in total. The van der Waals surface area contributed by atoms with Crippen LogP contribution in [0.1, 0.15) is 18.9 Å². The highest BCUT2D eigenvalue weighted by Gasteiger charge is 2.29. The zero-order chi connectivity index (χ0) is 21.1. The third kappa shape index (κ3) is 3.95. The second-order valence-electron chi connectivity index (χ2n) is 6.81. The minimum atomic E-state index is -0.176. The largest absolute Gasteiger partial charge is 0.280 e. The van der Waals surface area contributed by atoms with Crippen molar-refractivity contribution in [1.82, 2.24) is 9.78 Å². The molecule has 30 heavy (non-hydrogen) atoms. The van der Waals surface area contributed by atoms with Gasteiger partial charge in [-0.1, -0.05) is 46.3 Å². The van der Waals surface area contributed by atoms with Crippen LogP contribution < -0.4 is 5.01 Å². The van der Waals surface area contributed by atoms with E-state index >= 15 is 0 Å². The van der Waals surface area contributed by atoms with Gasteiger partial charge in [-0.25, -0.2) is 0 Å². The van der Waals surface area contributed by atoms with E-state index in [0.29, 0.717) is 24.3 Å². The molecule has 1 aliphatic rings. The van der Waals surface area contributed by atoms with Crippen molar-refractivity contribution in [3.05, 3.63) is 76.4 Å². The first-order valence-corrected chi connectivity index (χ1v) is 10.2. The quantitative estimate of drug-likeness (QED) is 0.501. The summed E-state index contributed by atoms with van der Waals surface area (Å²) >= 11 is 3.45. The number of rotatable bonds is 5. The molecular weight excluding hydrogens is 442 g/mol. The van der Waals surface area contributed by atoms with Crippen molar-refractivity contribution in [3.8, 4) is 17.3 Å². The average molecular weight is 460 g/mol. The minimum absolute atomic E-state index is 0.176. The third-order valence-electron chi connectivity index (χ3n) is 4.72. The second kappa shape index (κ2) is 8.47. The maximum Gasteiger partial charge on any atom is 0.280 e. The molecule has 1 amide bonds. The van der Waals surface area contributed by atoms with Crippen molar-refractivity contribution >= 4 is 39.3 Å². The number of aryl methyl sites for hydroxylation is 1. The fourth-order valence-corrected chi connectivity index (χ4v) is 3.50. The predicted octanol–water partition coefficient (Wildman–Crippen LogP) is 5.03. The highest BCUT2D eigenvalue weighted by atomic mass is 79.9. The Hall–Kier alpha value is -3.50. The van der Waals surface area contributed by atoms with Crippen molar-refractivity contribution in [2.75, 3.05) is 5.01 Å². The molecule has 3 aromatic rings. The summed E-state index contributed by atoms with van der Waals surface area (Å²) in [6, 6.07) is 19.3. The Morgan fingerprint density at radius 2 is 1.87 bits per heavy atom. The maximum atomic E-state index is 13.1. The smallest absolute Gasteiger partial charge is 0.270 e. The molecular formula is C23H18BrN5O. The molecule has 0 saturated heterocycles. The van der Waals surface area contributed by atoms with Gasteiger partial charge in [-0.05, 0) is 37.3 Å². The molecule has 148 valence electrons. The van der Waals surface area contributed by atoms with Gasteiger partial charge < -0.3 is 0 Å². The molecule has 2 heterocycles. The number of carbonyl (C=O) groups excluding carboxylic acids is 1. The molecule has 7 heteroatoms. The van der Waals surface area contributed by atoms with Crippen LogP contribution in [0.5, 0.6) is 0 Å². The molecule has 0 bridgehead atoms. The molecule has 4 rings (SSSR count). The molecule has 0 unspecified atom stereocenters. The number of hydrogen-bond donors (Lipinski definition) is 0. The number of nitriles is 1. The lowest BCUT2D eigenvalue weighted by atomic mass is 10.0. The number of nitrogens with zero attached hydrogens (tertiary/aromatic N) is 5. The van der Waals surface area contributed by atoms with E-state index in [-0.39, 0.29) is 5.91 Å². The van der Waals surface area contributed by atoms with E-state index in [0.717, 1.165) is 27.0 Å². The summed E-state index contributed by atoms with van der Waals surface area (Å²) in [5.74, 6) is -0.176. The van der Waals surface area contributed by atoms with Gasteiger partial charge in [0, 0.05) is 21.8 Å². The fraction of sp³-hybridized carbons (Fsp3) is 0.130. The Balaban J connectivity index is 1.74. The van der Waals surface area contributed by atoms with Crippen molar-refractivity contribution < 1.29 is 4.79 Å². The van der Waals surface area contributed by atoms with Crippen LogP contribution in [0.4, 0.5) is 5.69 Å². The van der Waals surface area contributed by atoms with Gasteiger partial charge in [-0.3, -0.25) is 9.48 Å². The van der Waals surface area contributed by atoms with Crippen LogP contribution in [0.2, 0.25) is 0 Å². The number of benzene rings is 2. The van der Waals surface area contributed by atoms with Crippen molar-refractivity contribution in [2.24, 2.45) is 5.10 Å². The summed E-state index contributed by atoms with van der Waals surface area (Å²) < 4.78 is 2.72. The van der Waals surface area contributed by atoms with Crippen LogP contribution in [-0.4, -0.2) is 21.4 Å². The van der Waals surface area contributed by atoms with Crippen molar-refractivity contribution in [1.29, 1.82) is 5.26 Å². The van der Waals surface area contributed by atoms with Gasteiger partial charge in [-0.2, -0.15) is 20.5 Å². The molecule has 0 atom stereocenters. The summed E-state index contributed by atoms with van der Waals surface area (Å²) in [6.45, 7) is 2.31. The van der Waals surface area contributed by atoms with Crippen LogP contribution in [-0.2, 0) is 11.3 Å². The van der Waals surface area contributed by atoms with Crippen molar-refractivity contribution in [3.63, 3.8) is 0 Å². The van der Waals surface area contributed by atoms with Crippen LogP contribution in [0, 0.1) is 11.3 Å². The van der Waals surface area contributed by atoms with Gasteiger partial charge in [-0.15, -0.1) is 0 Å². The topological polar surface area (TPSA) is 74.3 Å². The average Bonchev–Trinajstić information content (AvgIpc) is 3.29. The van der Waals surface area contributed by atoms with E-state index in [1.807, 2.05) is 73.8 Å². The van der Waals surface area contributed by atoms with Crippen molar-refractivity contribution in [2.45, 2.75) is 19.9 Å². The van der Waals surface area contributed by atoms with E-state index in [4.69, 9.17) is 5.26 Å². The number of hydrogen-bond acceptors (Lipinski definition) is 4. The first-order chi connectivity index (χ1) is 14.6. The van der Waals surface area contributed by atoms with Crippen LogP contribution in [0.25, 0.3) is 17.3 Å². The molecule has 0 radical (unpaired) electrons. The van der Waals surface area contributed by atoms with Gasteiger partial charge >= 0.3 is 0 Å². The number of halogens is 1. The molecule has 0 saturated carbocycles. The van der Waals surface area contributed by atoms with E-state index in [1.54, 1.807) is 4.68 Å². The zero-order valence-electron chi connectivity index (χ0n) is 16.3. The predicted molar refractivity (Wildman–Crippen MR) is 121 cm³/mol. The number of para-hydroxylation sites is 1. The van der Waals surface area contributed by atoms with E-state index in [9.17, 15) is 4.79 Å². The lowest BCUT2D eigenvalue weighted by Gasteiger charge is -2.11. The highest BCUT2D eigenvalue weighted by molar-refractivity contribution is 9.10. The number of aromatic nitrogens is 2. The SMILES string of the molecule is CC1=NN(c2ccccc2)C(=O)C1=Cc1cn(CCC#N)nc1-c1ccc(Br)cc1. The van der Waals surface area contributed by atoms with Crippen LogP contribution in [0.3, 0.4) is 0 Å². The Bertz CT molecular complexity index is 1190. The molecule has 0 spiro atoms. The molecule has 6 nitrogen and oxygen atoms in total. The lowest BCUT2D eigenvalue weighted by molar-refractivity contribution is -0.114. The molecule has 1 aromatic heterocycles. The van der Waals surface area contributed by atoms with Crippen LogP contribution >= 0.6 is 15.9 Å². The summed E-state index contributed by atoms with van der Waals surface area (Å²) in [6.07, 6.45) is 4.06. The first-order valence-electron chi connectivity index (χ1n) is 9.44. The molecule has 0 aliphatic carbocycles.